The maximum atomic E-state index is 13.0. The lowest BCUT2D eigenvalue weighted by Gasteiger charge is -2.19. The van der Waals surface area contributed by atoms with Gasteiger partial charge in [0.25, 0.3) is 5.91 Å². The van der Waals surface area contributed by atoms with E-state index in [0.29, 0.717) is 17.3 Å². The number of hydrogen-bond donors (Lipinski definition) is 2. The van der Waals surface area contributed by atoms with E-state index in [4.69, 9.17) is 0 Å². The predicted molar refractivity (Wildman–Crippen MR) is 111 cm³/mol. The summed E-state index contributed by atoms with van der Waals surface area (Å²) in [6, 6.07) is 7.05. The van der Waals surface area contributed by atoms with Gasteiger partial charge in [0.2, 0.25) is 5.95 Å². The molecule has 0 saturated carbocycles. The minimum atomic E-state index is -4.52. The third-order valence-electron chi connectivity index (χ3n) is 4.62. The second-order valence-electron chi connectivity index (χ2n) is 7.28. The summed E-state index contributed by atoms with van der Waals surface area (Å²) in [4.78, 5) is 21.0. The molecular formula is C21H23F3N6O. The molecule has 3 aromatic rings. The molecule has 0 fully saturated rings. The lowest BCUT2D eigenvalue weighted by molar-refractivity contribution is -0.153. The smallest absolute Gasteiger partial charge is 0.339 e. The highest BCUT2D eigenvalue weighted by Gasteiger charge is 2.39. The standard InChI is InChI=1S/C21H23F3N6O/c1-5-18(21(22,23)24)28-19(31)17-11-16(29-30(17)4)15-6-7-25-20(27-15)26-14-9-12(2)8-13(3)10-14/h6-11,18H,5H2,1-4H3,(H,28,31)(H,25,26,27)/t18-/m0/s1. The van der Waals surface area contributed by atoms with Crippen LogP contribution < -0.4 is 10.6 Å². The number of carbonyl (C=O) groups excluding carboxylic acids is 1. The zero-order valence-corrected chi connectivity index (χ0v) is 17.6. The number of nitrogens with one attached hydrogen (secondary N) is 2. The number of nitrogens with zero attached hydrogens (tertiary/aromatic N) is 4. The monoisotopic (exact) mass is 432 g/mol. The Kier molecular flexibility index (Phi) is 6.28. The maximum absolute atomic E-state index is 13.0. The van der Waals surface area contributed by atoms with Gasteiger partial charge >= 0.3 is 6.18 Å². The molecule has 3 rings (SSSR count). The fourth-order valence-corrected chi connectivity index (χ4v) is 3.19. The molecular weight excluding hydrogens is 409 g/mol. The molecule has 2 aromatic heterocycles. The highest BCUT2D eigenvalue weighted by atomic mass is 19.4. The average molecular weight is 432 g/mol. The number of aromatic nitrogens is 4. The summed E-state index contributed by atoms with van der Waals surface area (Å²) in [7, 11) is 1.49. The Morgan fingerprint density at radius 2 is 1.81 bits per heavy atom. The van der Waals surface area contributed by atoms with E-state index < -0.39 is 18.1 Å². The Hall–Kier alpha value is -3.43. The number of benzene rings is 1. The van der Waals surface area contributed by atoms with Crippen LogP contribution in [0.3, 0.4) is 0 Å². The van der Waals surface area contributed by atoms with E-state index in [2.05, 4.69) is 20.4 Å². The van der Waals surface area contributed by atoms with Crippen molar-refractivity contribution in [2.75, 3.05) is 5.32 Å². The van der Waals surface area contributed by atoms with Crippen molar-refractivity contribution in [3.8, 4) is 11.4 Å². The summed E-state index contributed by atoms with van der Waals surface area (Å²) < 4.78 is 40.2. The van der Waals surface area contributed by atoms with Gasteiger partial charge in [-0.25, -0.2) is 9.97 Å². The summed E-state index contributed by atoms with van der Waals surface area (Å²) >= 11 is 0. The summed E-state index contributed by atoms with van der Waals surface area (Å²) in [6.45, 7) is 5.33. The van der Waals surface area contributed by atoms with Crippen LogP contribution in [0.4, 0.5) is 24.8 Å². The van der Waals surface area contributed by atoms with Gasteiger partial charge in [0.05, 0.1) is 5.69 Å². The Labute approximate surface area is 177 Å². The molecule has 7 nitrogen and oxygen atoms in total. The highest BCUT2D eigenvalue weighted by molar-refractivity contribution is 5.93. The molecule has 2 N–H and O–H groups in total. The summed E-state index contributed by atoms with van der Waals surface area (Å²) in [5.41, 5.74) is 3.78. The summed E-state index contributed by atoms with van der Waals surface area (Å²) in [5.74, 6) is -0.518. The lowest BCUT2D eigenvalue weighted by atomic mass is 10.1. The third-order valence-corrected chi connectivity index (χ3v) is 4.62. The normalized spacial score (nSPS) is 12.5. The fourth-order valence-electron chi connectivity index (χ4n) is 3.19. The number of halogens is 3. The van der Waals surface area contributed by atoms with Crippen molar-refractivity contribution in [2.24, 2.45) is 7.05 Å². The van der Waals surface area contributed by atoms with E-state index >= 15 is 0 Å². The first kappa shape index (κ1) is 22.3. The highest BCUT2D eigenvalue weighted by Crippen LogP contribution is 2.24. The van der Waals surface area contributed by atoms with Crippen LogP contribution in [0.5, 0.6) is 0 Å². The predicted octanol–water partition coefficient (Wildman–Crippen LogP) is 4.31. The molecule has 0 radical (unpaired) electrons. The molecule has 31 heavy (non-hydrogen) atoms. The SMILES string of the molecule is CC[C@H](NC(=O)c1cc(-c2ccnc(Nc3cc(C)cc(C)c3)n2)nn1C)C(F)(F)F. The van der Waals surface area contributed by atoms with Crippen LogP contribution >= 0.6 is 0 Å². The van der Waals surface area contributed by atoms with Crippen molar-refractivity contribution >= 4 is 17.5 Å². The topological polar surface area (TPSA) is 84.7 Å². The van der Waals surface area contributed by atoms with Crippen LogP contribution in [0.25, 0.3) is 11.4 Å². The average Bonchev–Trinajstić information content (AvgIpc) is 3.06. The Bertz CT molecular complexity index is 1070. The van der Waals surface area contributed by atoms with Crippen LogP contribution in [0.1, 0.15) is 35.0 Å². The van der Waals surface area contributed by atoms with Gasteiger partial charge in [0.1, 0.15) is 17.4 Å². The number of alkyl halides is 3. The van der Waals surface area contributed by atoms with E-state index in [1.54, 1.807) is 12.3 Å². The fraction of sp³-hybridized carbons (Fsp3) is 0.333. The van der Waals surface area contributed by atoms with Crippen LogP contribution in [-0.2, 0) is 7.05 Å². The van der Waals surface area contributed by atoms with E-state index in [1.807, 2.05) is 37.4 Å². The molecule has 1 amide bonds. The molecule has 0 spiro atoms. The van der Waals surface area contributed by atoms with Crippen molar-refractivity contribution in [3.63, 3.8) is 0 Å². The van der Waals surface area contributed by atoms with Crippen molar-refractivity contribution in [1.82, 2.24) is 25.1 Å². The zero-order chi connectivity index (χ0) is 22.8. The van der Waals surface area contributed by atoms with E-state index in [-0.39, 0.29) is 12.1 Å². The first-order valence-electron chi connectivity index (χ1n) is 9.67. The molecule has 164 valence electrons. The third kappa shape index (κ3) is 5.39. The molecule has 2 heterocycles. The van der Waals surface area contributed by atoms with Gasteiger partial charge in [0, 0.05) is 18.9 Å². The maximum Gasteiger partial charge on any atom is 0.408 e. The zero-order valence-electron chi connectivity index (χ0n) is 17.6. The van der Waals surface area contributed by atoms with Crippen LogP contribution in [-0.4, -0.2) is 37.9 Å². The van der Waals surface area contributed by atoms with Crippen LogP contribution in [0.2, 0.25) is 0 Å². The number of amides is 1. The Morgan fingerprint density at radius 3 is 2.42 bits per heavy atom. The van der Waals surface area contributed by atoms with Crippen molar-refractivity contribution < 1.29 is 18.0 Å². The van der Waals surface area contributed by atoms with Gasteiger partial charge < -0.3 is 10.6 Å². The van der Waals surface area contributed by atoms with Gasteiger partial charge in [-0.3, -0.25) is 9.48 Å². The number of aryl methyl sites for hydroxylation is 3. The van der Waals surface area contributed by atoms with Crippen molar-refractivity contribution in [3.05, 3.63) is 53.3 Å². The quantitative estimate of drug-likeness (QED) is 0.607. The molecule has 0 bridgehead atoms. The van der Waals surface area contributed by atoms with Crippen LogP contribution in [0, 0.1) is 13.8 Å². The molecule has 1 aromatic carbocycles. The molecule has 0 aliphatic carbocycles. The van der Waals surface area contributed by atoms with Crippen LogP contribution in [0.15, 0.2) is 36.5 Å². The first-order chi connectivity index (χ1) is 14.6. The number of rotatable bonds is 6. The van der Waals surface area contributed by atoms with Gasteiger partial charge in [0.15, 0.2) is 0 Å². The number of carbonyl (C=O) groups is 1. The van der Waals surface area contributed by atoms with Gasteiger partial charge in [-0.2, -0.15) is 18.3 Å². The Balaban J connectivity index is 1.83. The first-order valence-corrected chi connectivity index (χ1v) is 9.67. The minimum absolute atomic E-state index is 0.000121. The van der Waals surface area contributed by atoms with E-state index in [1.165, 1.54) is 24.7 Å². The molecule has 0 aliphatic rings. The summed E-state index contributed by atoms with van der Waals surface area (Å²) in [6.07, 6.45) is -3.24. The number of anilines is 2. The minimum Gasteiger partial charge on any atom is -0.339 e. The molecule has 0 aliphatic heterocycles. The molecule has 10 heteroatoms. The van der Waals surface area contributed by atoms with E-state index in [9.17, 15) is 18.0 Å². The second-order valence-corrected chi connectivity index (χ2v) is 7.28. The van der Waals surface area contributed by atoms with Crippen molar-refractivity contribution in [1.29, 1.82) is 0 Å². The molecule has 1 atom stereocenters. The number of hydrogen-bond acceptors (Lipinski definition) is 5. The molecule has 0 saturated heterocycles. The van der Waals surface area contributed by atoms with Gasteiger partial charge in [-0.05, 0) is 55.7 Å². The van der Waals surface area contributed by atoms with E-state index in [0.717, 1.165) is 16.8 Å². The van der Waals surface area contributed by atoms with Gasteiger partial charge in [-0.1, -0.05) is 13.0 Å². The molecule has 0 unspecified atom stereocenters. The summed E-state index contributed by atoms with van der Waals surface area (Å²) in [5, 5.41) is 9.37. The Morgan fingerprint density at radius 1 is 1.13 bits per heavy atom. The lowest BCUT2D eigenvalue weighted by Crippen LogP contribution is -2.45. The van der Waals surface area contributed by atoms with Crippen molar-refractivity contribution in [2.45, 2.75) is 39.4 Å². The van der Waals surface area contributed by atoms with Gasteiger partial charge in [-0.15, -0.1) is 0 Å². The largest absolute Gasteiger partial charge is 0.408 e. The second kappa shape index (κ2) is 8.75.